The van der Waals surface area contributed by atoms with E-state index >= 15 is 0 Å². The third-order valence-electron chi connectivity index (χ3n) is 3.89. The van der Waals surface area contributed by atoms with Crippen molar-refractivity contribution < 1.29 is 14.6 Å². The lowest BCUT2D eigenvalue weighted by Gasteiger charge is -2.22. The first-order chi connectivity index (χ1) is 12.5. The number of ether oxygens (including phenoxy) is 1. The molecule has 0 atom stereocenters. The van der Waals surface area contributed by atoms with Gasteiger partial charge in [0.2, 0.25) is 5.16 Å². The zero-order chi connectivity index (χ0) is 19.1. The summed E-state index contributed by atoms with van der Waals surface area (Å²) in [6, 6.07) is 5.75. The van der Waals surface area contributed by atoms with Gasteiger partial charge < -0.3 is 14.7 Å². The number of anilines is 1. The molecule has 0 saturated carbocycles. The summed E-state index contributed by atoms with van der Waals surface area (Å²) < 4.78 is 5.47. The van der Waals surface area contributed by atoms with Crippen LogP contribution in [0.3, 0.4) is 0 Å². The van der Waals surface area contributed by atoms with Crippen molar-refractivity contribution in [2.24, 2.45) is 0 Å². The van der Waals surface area contributed by atoms with Gasteiger partial charge in [-0.25, -0.2) is 9.78 Å². The number of aryl methyl sites for hydroxylation is 1. The monoisotopic (exact) mass is 376 g/mol. The first kappa shape index (κ1) is 19.8. The van der Waals surface area contributed by atoms with E-state index in [-0.39, 0.29) is 4.91 Å². The molecule has 0 aliphatic heterocycles. The molecule has 140 valence electrons. The number of carboxylic acid groups (broad SMARTS) is 1. The number of rotatable bonds is 9. The van der Waals surface area contributed by atoms with Gasteiger partial charge in [0, 0.05) is 36.8 Å². The molecule has 8 heteroatoms. The van der Waals surface area contributed by atoms with Gasteiger partial charge >= 0.3 is 5.97 Å². The average Bonchev–Trinajstić information content (AvgIpc) is 3.10. The van der Waals surface area contributed by atoms with Crippen molar-refractivity contribution in [2.75, 3.05) is 25.1 Å². The van der Waals surface area contributed by atoms with Crippen LogP contribution >= 0.6 is 11.8 Å². The van der Waals surface area contributed by atoms with Crippen molar-refractivity contribution in [3.05, 3.63) is 34.5 Å². The maximum absolute atomic E-state index is 11.6. The second-order valence-corrected chi connectivity index (χ2v) is 6.44. The topological polar surface area (TPSA) is 91.3 Å². The molecule has 0 unspecified atom stereocenters. The summed E-state index contributed by atoms with van der Waals surface area (Å²) in [6.07, 6.45) is 2.29. The minimum absolute atomic E-state index is 0.126. The summed E-state index contributed by atoms with van der Waals surface area (Å²) in [5.74, 6) is 0.309. The molecular formula is C18H24N4O3S. The minimum Gasteiger partial charge on any atom is -0.496 e. The first-order valence-electron chi connectivity index (χ1n) is 8.49. The molecule has 7 nitrogen and oxygen atoms in total. The Hall–Kier alpha value is -2.48. The van der Waals surface area contributed by atoms with Crippen LogP contribution in [0, 0.1) is 0 Å². The fraction of sp³-hybridized carbons (Fsp3) is 0.389. The molecule has 0 aliphatic carbocycles. The van der Waals surface area contributed by atoms with Crippen LogP contribution in [0.2, 0.25) is 0 Å². The third-order valence-corrected chi connectivity index (χ3v) is 4.77. The molecule has 1 aromatic heterocycles. The van der Waals surface area contributed by atoms with E-state index in [0.29, 0.717) is 22.9 Å². The van der Waals surface area contributed by atoms with Gasteiger partial charge in [0.05, 0.1) is 7.11 Å². The summed E-state index contributed by atoms with van der Waals surface area (Å²) in [6.45, 7) is 7.89. The van der Waals surface area contributed by atoms with E-state index in [4.69, 9.17) is 4.74 Å². The molecule has 26 heavy (non-hydrogen) atoms. The number of hydrogen-bond donors (Lipinski definition) is 2. The van der Waals surface area contributed by atoms with Crippen molar-refractivity contribution in [3.8, 4) is 5.75 Å². The molecule has 1 aromatic carbocycles. The predicted molar refractivity (Wildman–Crippen MR) is 104 cm³/mol. The van der Waals surface area contributed by atoms with Crippen LogP contribution in [-0.2, 0) is 11.2 Å². The van der Waals surface area contributed by atoms with Crippen molar-refractivity contribution in [1.82, 2.24) is 15.2 Å². The molecule has 0 spiro atoms. The Balaban J connectivity index is 2.34. The van der Waals surface area contributed by atoms with Crippen LogP contribution in [0.25, 0.3) is 6.08 Å². The van der Waals surface area contributed by atoms with E-state index in [2.05, 4.69) is 33.9 Å². The van der Waals surface area contributed by atoms with Crippen LogP contribution in [0.1, 0.15) is 32.2 Å². The standard InChI is InChI=1S/C18H24N4O3S/c1-5-16-19-18(21-20-16)26-15(17(23)24)10-12-8-9-13(11-14(12)25-4)22(6-2)7-3/h8-11H,5-7H2,1-4H3,(H,23,24)(H,19,20,21)/b15-10-. The van der Waals surface area contributed by atoms with Crippen LogP contribution in [-0.4, -0.2) is 46.5 Å². The van der Waals surface area contributed by atoms with E-state index in [0.717, 1.165) is 36.4 Å². The van der Waals surface area contributed by atoms with Crippen LogP contribution in [0.5, 0.6) is 5.75 Å². The highest BCUT2D eigenvalue weighted by atomic mass is 32.2. The highest BCUT2D eigenvalue weighted by Gasteiger charge is 2.15. The lowest BCUT2D eigenvalue weighted by Crippen LogP contribution is -2.21. The summed E-state index contributed by atoms with van der Waals surface area (Å²) in [7, 11) is 1.58. The highest BCUT2D eigenvalue weighted by molar-refractivity contribution is 8.04. The van der Waals surface area contributed by atoms with Crippen molar-refractivity contribution >= 4 is 29.5 Å². The number of H-pyrrole nitrogens is 1. The number of nitrogens with zero attached hydrogens (tertiary/aromatic N) is 3. The lowest BCUT2D eigenvalue weighted by atomic mass is 10.1. The first-order valence-corrected chi connectivity index (χ1v) is 9.31. The number of thioether (sulfide) groups is 1. The normalized spacial score (nSPS) is 11.5. The Bertz CT molecular complexity index is 784. The number of carboxylic acids is 1. The third kappa shape index (κ3) is 4.78. The molecule has 2 aromatic rings. The number of aromatic amines is 1. The van der Waals surface area contributed by atoms with Crippen molar-refractivity contribution in [2.45, 2.75) is 32.3 Å². The largest absolute Gasteiger partial charge is 0.496 e. The Morgan fingerprint density at radius 3 is 2.62 bits per heavy atom. The van der Waals surface area contributed by atoms with E-state index in [1.165, 1.54) is 0 Å². The van der Waals surface area contributed by atoms with Gasteiger partial charge in [0.25, 0.3) is 0 Å². The van der Waals surface area contributed by atoms with Crippen LogP contribution in [0.4, 0.5) is 5.69 Å². The number of nitrogens with one attached hydrogen (secondary N) is 1. The number of hydrogen-bond acceptors (Lipinski definition) is 6. The fourth-order valence-corrected chi connectivity index (χ4v) is 3.18. The average molecular weight is 376 g/mol. The molecule has 0 radical (unpaired) electrons. The molecule has 2 rings (SSSR count). The van der Waals surface area contributed by atoms with Crippen molar-refractivity contribution in [1.29, 1.82) is 0 Å². The Morgan fingerprint density at radius 1 is 1.35 bits per heavy atom. The summed E-state index contributed by atoms with van der Waals surface area (Å²) in [5, 5.41) is 16.7. The molecule has 2 N–H and O–H groups in total. The van der Waals surface area contributed by atoms with Gasteiger partial charge in [-0.15, -0.1) is 5.10 Å². The molecular weight excluding hydrogens is 352 g/mol. The smallest absolute Gasteiger partial charge is 0.342 e. The number of aliphatic carboxylic acids is 1. The van der Waals surface area contributed by atoms with Gasteiger partial charge in [0.15, 0.2) is 0 Å². The molecule has 0 fully saturated rings. The Kier molecular flexibility index (Phi) is 7.08. The van der Waals surface area contributed by atoms with Gasteiger partial charge in [0.1, 0.15) is 16.5 Å². The zero-order valence-electron chi connectivity index (χ0n) is 15.4. The van der Waals surface area contributed by atoms with Gasteiger partial charge in [-0.3, -0.25) is 5.10 Å². The fourth-order valence-electron chi connectivity index (χ4n) is 2.46. The summed E-state index contributed by atoms with van der Waals surface area (Å²) in [5.41, 5.74) is 1.73. The molecule has 0 aliphatic rings. The minimum atomic E-state index is -1.03. The predicted octanol–water partition coefficient (Wildman–Crippen LogP) is 3.44. The van der Waals surface area contributed by atoms with Gasteiger partial charge in [-0.05, 0) is 43.8 Å². The zero-order valence-corrected chi connectivity index (χ0v) is 16.3. The highest BCUT2D eigenvalue weighted by Crippen LogP contribution is 2.31. The second kappa shape index (κ2) is 9.28. The maximum Gasteiger partial charge on any atom is 0.342 e. The lowest BCUT2D eigenvalue weighted by molar-refractivity contribution is -0.131. The molecule has 1 heterocycles. The Morgan fingerprint density at radius 2 is 2.08 bits per heavy atom. The van der Waals surface area contributed by atoms with E-state index in [1.54, 1.807) is 13.2 Å². The Labute approximate surface area is 157 Å². The van der Waals surface area contributed by atoms with Gasteiger partial charge in [-0.1, -0.05) is 6.92 Å². The van der Waals surface area contributed by atoms with E-state index < -0.39 is 5.97 Å². The summed E-state index contributed by atoms with van der Waals surface area (Å²) >= 11 is 1.01. The number of benzene rings is 1. The quantitative estimate of drug-likeness (QED) is 0.512. The van der Waals surface area contributed by atoms with Crippen LogP contribution in [0.15, 0.2) is 28.3 Å². The SMILES string of the molecule is CCc1nc(S/C(=C\c2ccc(N(CC)CC)cc2OC)C(=O)O)n[nH]1. The second-order valence-electron chi connectivity index (χ2n) is 5.43. The molecule has 0 amide bonds. The number of carbonyl (C=O) groups is 1. The maximum atomic E-state index is 11.6. The van der Waals surface area contributed by atoms with E-state index in [1.807, 2.05) is 25.1 Å². The van der Waals surface area contributed by atoms with Crippen molar-refractivity contribution in [3.63, 3.8) is 0 Å². The number of aromatic nitrogens is 3. The van der Waals surface area contributed by atoms with E-state index in [9.17, 15) is 9.90 Å². The number of methoxy groups -OCH3 is 1. The molecule has 0 saturated heterocycles. The van der Waals surface area contributed by atoms with Gasteiger partial charge in [-0.2, -0.15) is 0 Å². The van der Waals surface area contributed by atoms with Crippen LogP contribution < -0.4 is 9.64 Å². The molecule has 0 bridgehead atoms. The summed E-state index contributed by atoms with van der Waals surface area (Å²) in [4.78, 5) is 18.2.